The van der Waals surface area contributed by atoms with E-state index >= 15 is 0 Å². The number of nitrogens with one attached hydrogen (secondary N) is 1. The van der Waals surface area contributed by atoms with E-state index in [-0.39, 0.29) is 0 Å². The molecule has 1 aliphatic heterocycles. The topological polar surface area (TPSA) is 24.5 Å². The molecule has 21 heavy (non-hydrogen) atoms. The van der Waals surface area contributed by atoms with Gasteiger partial charge in [0, 0.05) is 23.1 Å². The number of ether oxygens (including phenoxy) is 1. The van der Waals surface area contributed by atoms with Gasteiger partial charge in [0.15, 0.2) is 0 Å². The number of rotatable bonds is 4. The average Bonchev–Trinajstić information content (AvgIpc) is 3.30. The van der Waals surface area contributed by atoms with E-state index in [1.807, 2.05) is 6.07 Å². The third-order valence-corrected chi connectivity index (χ3v) is 5.63. The van der Waals surface area contributed by atoms with Gasteiger partial charge in [-0.25, -0.2) is 0 Å². The Balaban J connectivity index is 1.73. The minimum atomic E-state index is 0.293. The van der Waals surface area contributed by atoms with Crippen LogP contribution in [0.15, 0.2) is 22.7 Å². The highest BCUT2D eigenvalue weighted by Crippen LogP contribution is 2.40. The molecule has 0 bridgehead atoms. The summed E-state index contributed by atoms with van der Waals surface area (Å²) in [5.41, 5.74) is 1.61. The lowest BCUT2D eigenvalue weighted by Gasteiger charge is -2.34. The van der Waals surface area contributed by atoms with E-state index in [9.17, 15) is 0 Å². The Morgan fingerprint density at radius 2 is 2.24 bits per heavy atom. The zero-order valence-corrected chi connectivity index (χ0v) is 14.6. The molecule has 0 radical (unpaired) electrons. The molecule has 2 aliphatic rings. The van der Waals surface area contributed by atoms with Crippen molar-refractivity contribution in [3.63, 3.8) is 0 Å². The van der Waals surface area contributed by atoms with Crippen molar-refractivity contribution in [3.8, 4) is 5.75 Å². The van der Waals surface area contributed by atoms with Crippen LogP contribution in [-0.2, 0) is 6.54 Å². The summed E-state index contributed by atoms with van der Waals surface area (Å²) in [6.07, 6.45) is 4.00. The van der Waals surface area contributed by atoms with E-state index in [0.29, 0.717) is 5.54 Å². The van der Waals surface area contributed by atoms with Gasteiger partial charge in [0.2, 0.25) is 0 Å². The Morgan fingerprint density at radius 3 is 2.95 bits per heavy atom. The molecular formula is C17H25BrN2O. The number of hydrogen-bond donors (Lipinski definition) is 1. The number of halogens is 1. The van der Waals surface area contributed by atoms with Gasteiger partial charge in [0.1, 0.15) is 5.75 Å². The molecule has 0 amide bonds. The summed E-state index contributed by atoms with van der Waals surface area (Å²) in [4.78, 5) is 2.60. The van der Waals surface area contributed by atoms with E-state index in [2.05, 4.69) is 45.2 Å². The quantitative estimate of drug-likeness (QED) is 0.898. The van der Waals surface area contributed by atoms with Gasteiger partial charge in [0.25, 0.3) is 0 Å². The predicted molar refractivity (Wildman–Crippen MR) is 89.7 cm³/mol. The van der Waals surface area contributed by atoms with Crippen LogP contribution < -0.4 is 10.1 Å². The molecule has 3 nitrogen and oxygen atoms in total. The SMILES string of the molecule is COc1ccc(Br)c(CN2CCCNC(C)(C3CC3)C2)c1. The Morgan fingerprint density at radius 1 is 1.43 bits per heavy atom. The second-order valence-corrected chi connectivity index (χ2v) is 7.49. The van der Waals surface area contributed by atoms with Gasteiger partial charge in [-0.15, -0.1) is 0 Å². The fourth-order valence-corrected chi connectivity index (χ4v) is 3.82. The molecule has 1 N–H and O–H groups in total. The van der Waals surface area contributed by atoms with Crippen LogP contribution in [0.3, 0.4) is 0 Å². The third kappa shape index (κ3) is 3.61. The van der Waals surface area contributed by atoms with Crippen LogP contribution in [0.4, 0.5) is 0 Å². The summed E-state index contributed by atoms with van der Waals surface area (Å²) >= 11 is 3.68. The Hall–Kier alpha value is -0.580. The van der Waals surface area contributed by atoms with Crippen molar-refractivity contribution in [3.05, 3.63) is 28.2 Å². The lowest BCUT2D eigenvalue weighted by atomic mass is 9.95. The van der Waals surface area contributed by atoms with Crippen LogP contribution in [0, 0.1) is 5.92 Å². The van der Waals surface area contributed by atoms with Crippen LogP contribution in [-0.4, -0.2) is 37.2 Å². The Kier molecular flexibility index (Phi) is 4.57. The lowest BCUT2D eigenvalue weighted by molar-refractivity contribution is 0.194. The smallest absolute Gasteiger partial charge is 0.119 e. The molecule has 4 heteroatoms. The first kappa shape index (κ1) is 15.3. The largest absolute Gasteiger partial charge is 0.497 e. The molecule has 1 atom stereocenters. The summed E-state index contributed by atoms with van der Waals surface area (Å²) in [6.45, 7) is 6.84. The van der Waals surface area contributed by atoms with Crippen LogP contribution in [0.2, 0.25) is 0 Å². The summed E-state index contributed by atoms with van der Waals surface area (Å²) in [5, 5.41) is 3.79. The van der Waals surface area contributed by atoms with Gasteiger partial charge in [-0.2, -0.15) is 0 Å². The van der Waals surface area contributed by atoms with Gasteiger partial charge < -0.3 is 10.1 Å². The number of benzene rings is 1. The van der Waals surface area contributed by atoms with Gasteiger partial charge in [0.05, 0.1) is 7.11 Å². The molecular weight excluding hydrogens is 328 g/mol. The second-order valence-electron chi connectivity index (χ2n) is 6.64. The Bertz CT molecular complexity index is 504. The highest BCUT2D eigenvalue weighted by atomic mass is 79.9. The highest BCUT2D eigenvalue weighted by Gasteiger charge is 2.42. The standard InChI is InChI=1S/C17H25BrN2O/c1-17(14-4-5-14)12-20(9-3-8-19-17)11-13-10-15(21-2)6-7-16(13)18/h6-7,10,14,19H,3-5,8-9,11-12H2,1-2H3. The molecule has 3 rings (SSSR count). The van der Waals surface area contributed by atoms with Crippen molar-refractivity contribution in [1.29, 1.82) is 0 Å². The van der Waals surface area contributed by atoms with Crippen LogP contribution in [0.1, 0.15) is 31.7 Å². The van der Waals surface area contributed by atoms with E-state index in [1.165, 1.54) is 35.8 Å². The first-order valence-corrected chi connectivity index (χ1v) is 8.70. The van der Waals surface area contributed by atoms with Crippen molar-refractivity contribution in [2.75, 3.05) is 26.7 Å². The van der Waals surface area contributed by atoms with E-state index in [1.54, 1.807) is 7.11 Å². The average molecular weight is 353 g/mol. The monoisotopic (exact) mass is 352 g/mol. The van der Waals surface area contributed by atoms with Crippen molar-refractivity contribution in [1.82, 2.24) is 10.2 Å². The van der Waals surface area contributed by atoms with Gasteiger partial charge in [-0.05, 0) is 69.0 Å². The lowest BCUT2D eigenvalue weighted by Crippen LogP contribution is -2.50. The van der Waals surface area contributed by atoms with Crippen LogP contribution in [0.5, 0.6) is 5.75 Å². The molecule has 1 aliphatic carbocycles. The van der Waals surface area contributed by atoms with Crippen molar-refractivity contribution in [2.24, 2.45) is 5.92 Å². The fourth-order valence-electron chi connectivity index (χ4n) is 3.45. The molecule has 1 unspecified atom stereocenters. The summed E-state index contributed by atoms with van der Waals surface area (Å²) in [5.74, 6) is 1.80. The van der Waals surface area contributed by atoms with Crippen molar-refractivity contribution >= 4 is 15.9 Å². The van der Waals surface area contributed by atoms with Crippen LogP contribution >= 0.6 is 15.9 Å². The number of methoxy groups -OCH3 is 1. The van der Waals surface area contributed by atoms with Gasteiger partial charge in [-0.1, -0.05) is 15.9 Å². The number of nitrogens with zero attached hydrogens (tertiary/aromatic N) is 1. The maximum absolute atomic E-state index is 5.36. The molecule has 2 fully saturated rings. The fraction of sp³-hybridized carbons (Fsp3) is 0.647. The molecule has 1 heterocycles. The van der Waals surface area contributed by atoms with Crippen molar-refractivity contribution < 1.29 is 4.74 Å². The van der Waals surface area contributed by atoms with Gasteiger partial charge in [-0.3, -0.25) is 4.90 Å². The van der Waals surface area contributed by atoms with E-state index in [0.717, 1.165) is 31.3 Å². The first-order chi connectivity index (χ1) is 10.1. The second kappa shape index (κ2) is 6.27. The summed E-state index contributed by atoms with van der Waals surface area (Å²) < 4.78 is 6.54. The zero-order chi connectivity index (χ0) is 14.9. The van der Waals surface area contributed by atoms with Crippen molar-refractivity contribution in [2.45, 2.75) is 38.3 Å². The van der Waals surface area contributed by atoms with E-state index < -0.39 is 0 Å². The highest BCUT2D eigenvalue weighted by molar-refractivity contribution is 9.10. The first-order valence-electron chi connectivity index (χ1n) is 7.90. The molecule has 116 valence electrons. The molecule has 1 saturated carbocycles. The van der Waals surface area contributed by atoms with Gasteiger partial charge >= 0.3 is 0 Å². The molecule has 0 aromatic heterocycles. The summed E-state index contributed by atoms with van der Waals surface area (Å²) in [7, 11) is 1.73. The summed E-state index contributed by atoms with van der Waals surface area (Å²) in [6, 6.07) is 6.24. The molecule has 1 aromatic rings. The minimum Gasteiger partial charge on any atom is -0.497 e. The van der Waals surface area contributed by atoms with Crippen LogP contribution in [0.25, 0.3) is 0 Å². The Labute approximate surface area is 136 Å². The third-order valence-electron chi connectivity index (χ3n) is 4.86. The maximum Gasteiger partial charge on any atom is 0.119 e. The minimum absolute atomic E-state index is 0.293. The molecule has 1 saturated heterocycles. The predicted octanol–water partition coefficient (Wildman–Crippen LogP) is 3.42. The normalized spacial score (nSPS) is 27.4. The maximum atomic E-state index is 5.36. The molecule has 1 aromatic carbocycles. The van der Waals surface area contributed by atoms with E-state index in [4.69, 9.17) is 4.74 Å². The zero-order valence-electron chi connectivity index (χ0n) is 13.0. The molecule has 0 spiro atoms. The number of hydrogen-bond acceptors (Lipinski definition) is 3.